The van der Waals surface area contributed by atoms with E-state index in [2.05, 4.69) is 11.7 Å². The molecule has 1 atom stereocenters. The predicted octanol–water partition coefficient (Wildman–Crippen LogP) is 1.88. The lowest BCUT2D eigenvalue weighted by Crippen LogP contribution is -2.59. The fraction of sp³-hybridized carbons (Fsp3) is 0.800. The number of esters is 1. The third-order valence-corrected chi connectivity index (χ3v) is 4.37. The first-order valence-corrected chi connectivity index (χ1v) is 10.0. The summed E-state index contributed by atoms with van der Waals surface area (Å²) in [4.78, 5) is 43.8. The Morgan fingerprint density at radius 3 is 2.48 bits per heavy atom. The molecule has 1 unspecified atom stereocenters. The molecule has 0 N–H and O–H groups in total. The van der Waals surface area contributed by atoms with E-state index in [1.54, 1.807) is 25.7 Å². The third-order valence-electron chi connectivity index (χ3n) is 4.37. The van der Waals surface area contributed by atoms with Crippen molar-refractivity contribution in [2.45, 2.75) is 58.1 Å². The Bertz CT molecular complexity index is 561. The Kier molecular flexibility index (Phi) is 10.6. The molecule has 0 spiro atoms. The molecule has 0 aromatic rings. The first-order valence-electron chi connectivity index (χ1n) is 10.0. The van der Waals surface area contributed by atoms with E-state index in [-0.39, 0.29) is 19.1 Å². The van der Waals surface area contributed by atoms with Gasteiger partial charge in [0.15, 0.2) is 0 Å². The van der Waals surface area contributed by atoms with Crippen molar-refractivity contribution in [3.05, 3.63) is 0 Å². The number of unbranched alkanes of at least 4 members (excludes halogenated alkanes) is 2. The summed E-state index contributed by atoms with van der Waals surface area (Å²) in [5.74, 6) is -0.482. The van der Waals surface area contributed by atoms with Crippen molar-refractivity contribution in [3.8, 4) is 0 Å². The summed E-state index contributed by atoms with van der Waals surface area (Å²) < 4.78 is 15.4. The van der Waals surface area contributed by atoms with E-state index in [1.165, 1.54) is 12.0 Å². The summed E-state index contributed by atoms with van der Waals surface area (Å²) in [5, 5.41) is 0. The lowest BCUT2D eigenvalue weighted by molar-refractivity contribution is -0.151. The minimum atomic E-state index is -0.637. The number of ether oxygens (including phenoxy) is 3. The van der Waals surface area contributed by atoms with E-state index in [1.807, 2.05) is 0 Å². The van der Waals surface area contributed by atoms with Crippen LogP contribution in [0, 0.1) is 0 Å². The normalized spacial score (nSPS) is 17.0. The van der Waals surface area contributed by atoms with Crippen molar-refractivity contribution >= 4 is 24.7 Å². The van der Waals surface area contributed by atoms with Crippen molar-refractivity contribution in [1.29, 1.82) is 0 Å². The standard InChI is InChI=1S/C20H35N3O6/c1-20(2,3)29-19(26)23-12-11-22(17(24)9-7-6-8-10-21-4)13-16(23)14-28-18(25)15-27-5/h16H,4,6-15H2,1-3,5H3. The van der Waals surface area contributed by atoms with Gasteiger partial charge in [0, 0.05) is 39.7 Å². The number of hydrogen-bond donors (Lipinski definition) is 0. The molecule has 0 saturated carbocycles. The summed E-state index contributed by atoms with van der Waals surface area (Å²) in [7, 11) is 1.40. The van der Waals surface area contributed by atoms with Gasteiger partial charge in [-0.25, -0.2) is 9.59 Å². The van der Waals surface area contributed by atoms with Crippen LogP contribution < -0.4 is 0 Å². The number of hydrogen-bond acceptors (Lipinski definition) is 7. The van der Waals surface area contributed by atoms with Crippen molar-refractivity contribution < 1.29 is 28.6 Å². The molecular formula is C20H35N3O6. The van der Waals surface area contributed by atoms with E-state index in [0.717, 1.165) is 19.3 Å². The van der Waals surface area contributed by atoms with Crippen LogP contribution in [0.25, 0.3) is 0 Å². The van der Waals surface area contributed by atoms with E-state index in [0.29, 0.717) is 32.6 Å². The Morgan fingerprint density at radius 2 is 1.86 bits per heavy atom. The number of amides is 2. The topological polar surface area (TPSA) is 97.7 Å². The molecule has 0 aromatic carbocycles. The predicted molar refractivity (Wildman–Crippen MR) is 109 cm³/mol. The van der Waals surface area contributed by atoms with E-state index in [9.17, 15) is 14.4 Å². The molecule has 9 heteroatoms. The molecule has 0 aromatic heterocycles. The average molecular weight is 414 g/mol. The molecule has 1 saturated heterocycles. The second-order valence-electron chi connectivity index (χ2n) is 8.04. The number of carbonyl (C=O) groups is 3. The lowest BCUT2D eigenvalue weighted by Gasteiger charge is -2.41. The van der Waals surface area contributed by atoms with Gasteiger partial charge in [-0.3, -0.25) is 9.69 Å². The van der Waals surface area contributed by atoms with Crippen LogP contribution in [0.5, 0.6) is 0 Å². The molecule has 2 amide bonds. The molecule has 0 radical (unpaired) electrons. The molecule has 1 rings (SSSR count). The maximum absolute atomic E-state index is 12.6. The van der Waals surface area contributed by atoms with Gasteiger partial charge in [0.2, 0.25) is 5.91 Å². The number of rotatable bonds is 10. The molecule has 0 aliphatic carbocycles. The Labute approximate surface area is 173 Å². The zero-order valence-electron chi connectivity index (χ0n) is 18.1. The van der Waals surface area contributed by atoms with Gasteiger partial charge in [-0.05, 0) is 40.3 Å². The molecule has 9 nitrogen and oxygen atoms in total. The van der Waals surface area contributed by atoms with Crippen LogP contribution in [0.3, 0.4) is 0 Å². The Hall–Kier alpha value is -2.16. The molecule has 166 valence electrons. The minimum absolute atomic E-state index is 0.0176. The van der Waals surface area contributed by atoms with Crippen LogP contribution in [-0.2, 0) is 23.8 Å². The van der Waals surface area contributed by atoms with E-state index < -0.39 is 23.7 Å². The van der Waals surface area contributed by atoms with Crippen LogP contribution in [0.1, 0.15) is 46.5 Å². The first-order chi connectivity index (χ1) is 13.7. The Balaban J connectivity index is 2.68. The monoisotopic (exact) mass is 413 g/mol. The van der Waals surface area contributed by atoms with Gasteiger partial charge >= 0.3 is 12.1 Å². The number of piperazine rings is 1. The lowest BCUT2D eigenvalue weighted by atomic mass is 10.1. The number of carbonyl (C=O) groups excluding carboxylic acids is 3. The smallest absolute Gasteiger partial charge is 0.410 e. The molecule has 1 aliphatic rings. The van der Waals surface area contributed by atoms with Gasteiger partial charge in [0.1, 0.15) is 18.8 Å². The zero-order valence-corrected chi connectivity index (χ0v) is 18.1. The van der Waals surface area contributed by atoms with Crippen molar-refractivity contribution in [2.24, 2.45) is 4.99 Å². The molecule has 0 bridgehead atoms. The van der Waals surface area contributed by atoms with Crippen LogP contribution in [0.2, 0.25) is 0 Å². The molecule has 1 heterocycles. The second-order valence-corrected chi connectivity index (χ2v) is 8.04. The van der Waals surface area contributed by atoms with Gasteiger partial charge in [0.25, 0.3) is 0 Å². The first kappa shape index (κ1) is 24.9. The van der Waals surface area contributed by atoms with Gasteiger partial charge in [-0.15, -0.1) is 0 Å². The molecule has 1 fully saturated rings. The second kappa shape index (κ2) is 12.4. The highest BCUT2D eigenvalue weighted by molar-refractivity contribution is 5.77. The van der Waals surface area contributed by atoms with Gasteiger partial charge in [-0.2, -0.15) is 0 Å². The maximum Gasteiger partial charge on any atom is 0.410 e. The van der Waals surface area contributed by atoms with Gasteiger partial charge in [-0.1, -0.05) is 6.42 Å². The van der Waals surface area contributed by atoms with E-state index >= 15 is 0 Å². The van der Waals surface area contributed by atoms with Crippen LogP contribution in [-0.4, -0.2) is 92.6 Å². The zero-order chi connectivity index (χ0) is 21.9. The highest BCUT2D eigenvalue weighted by Crippen LogP contribution is 2.17. The van der Waals surface area contributed by atoms with Gasteiger partial charge < -0.3 is 24.1 Å². The van der Waals surface area contributed by atoms with Crippen LogP contribution >= 0.6 is 0 Å². The highest BCUT2D eigenvalue weighted by atomic mass is 16.6. The summed E-state index contributed by atoms with van der Waals surface area (Å²) in [6.45, 7) is 10.4. The van der Waals surface area contributed by atoms with Crippen LogP contribution in [0.15, 0.2) is 4.99 Å². The fourth-order valence-corrected chi connectivity index (χ4v) is 2.97. The van der Waals surface area contributed by atoms with Crippen LogP contribution in [0.4, 0.5) is 4.79 Å². The SMILES string of the molecule is C=NCCCCCC(=O)N1CCN(C(=O)OC(C)(C)C)C(COC(=O)COC)C1. The molecular weight excluding hydrogens is 378 g/mol. The summed E-state index contributed by atoms with van der Waals surface area (Å²) in [6.07, 6.45) is 2.59. The summed E-state index contributed by atoms with van der Waals surface area (Å²) in [5.41, 5.74) is -0.637. The van der Waals surface area contributed by atoms with E-state index in [4.69, 9.17) is 14.2 Å². The average Bonchev–Trinajstić information content (AvgIpc) is 2.64. The fourth-order valence-electron chi connectivity index (χ4n) is 2.97. The van der Waals surface area contributed by atoms with Crippen molar-refractivity contribution in [1.82, 2.24) is 9.80 Å². The summed E-state index contributed by atoms with van der Waals surface area (Å²) >= 11 is 0. The maximum atomic E-state index is 12.6. The Morgan fingerprint density at radius 1 is 1.14 bits per heavy atom. The largest absolute Gasteiger partial charge is 0.462 e. The third kappa shape index (κ3) is 9.74. The molecule has 29 heavy (non-hydrogen) atoms. The quantitative estimate of drug-likeness (QED) is 0.308. The highest BCUT2D eigenvalue weighted by Gasteiger charge is 2.35. The van der Waals surface area contributed by atoms with Gasteiger partial charge in [0.05, 0.1) is 6.04 Å². The minimum Gasteiger partial charge on any atom is -0.462 e. The summed E-state index contributed by atoms with van der Waals surface area (Å²) in [6, 6.07) is -0.465. The number of methoxy groups -OCH3 is 1. The molecule has 1 aliphatic heterocycles. The number of nitrogens with zero attached hydrogens (tertiary/aromatic N) is 3. The van der Waals surface area contributed by atoms with Crippen molar-refractivity contribution in [2.75, 3.05) is 46.5 Å². The van der Waals surface area contributed by atoms with Crippen molar-refractivity contribution in [3.63, 3.8) is 0 Å². The number of aliphatic imine (C=N–C) groups is 1.